The number of halogens is 1. The van der Waals surface area contributed by atoms with E-state index >= 15 is 0 Å². The molecule has 0 amide bonds. The van der Waals surface area contributed by atoms with Crippen LogP contribution in [0.4, 0.5) is 0 Å². The van der Waals surface area contributed by atoms with E-state index in [-0.39, 0.29) is 0 Å². The highest BCUT2D eigenvalue weighted by Crippen LogP contribution is 2.11. The van der Waals surface area contributed by atoms with Crippen molar-refractivity contribution in [2.45, 2.75) is 25.8 Å². The maximum atomic E-state index is 5.66. The van der Waals surface area contributed by atoms with Gasteiger partial charge in [0.15, 0.2) is 0 Å². The molecule has 0 saturated carbocycles. The van der Waals surface area contributed by atoms with E-state index in [4.69, 9.17) is 5.73 Å². The zero-order chi connectivity index (χ0) is 8.97. The highest BCUT2D eigenvalue weighted by molar-refractivity contribution is 9.10. The van der Waals surface area contributed by atoms with Crippen molar-refractivity contribution in [2.24, 2.45) is 5.73 Å². The lowest BCUT2D eigenvalue weighted by molar-refractivity contribution is 0.666. The van der Waals surface area contributed by atoms with Crippen LogP contribution in [0.1, 0.15) is 18.9 Å². The van der Waals surface area contributed by atoms with Crippen LogP contribution in [0, 0.1) is 0 Å². The van der Waals surface area contributed by atoms with E-state index < -0.39 is 0 Å². The Balaban J connectivity index is 2.48. The minimum atomic E-state index is 0.300. The summed E-state index contributed by atoms with van der Waals surface area (Å²) in [7, 11) is 0. The predicted octanol–water partition coefficient (Wildman–Crippen LogP) is 2.73. The number of benzene rings is 1. The Hall–Kier alpha value is -0.340. The van der Waals surface area contributed by atoms with E-state index in [1.807, 2.05) is 6.92 Å². The summed E-state index contributed by atoms with van der Waals surface area (Å²) in [5.41, 5.74) is 7.02. The fourth-order valence-corrected chi connectivity index (χ4v) is 1.31. The van der Waals surface area contributed by atoms with Gasteiger partial charge in [-0.3, -0.25) is 0 Å². The van der Waals surface area contributed by atoms with Crippen molar-refractivity contribution in [3.63, 3.8) is 0 Å². The van der Waals surface area contributed by atoms with Gasteiger partial charge >= 0.3 is 0 Å². The third kappa shape index (κ3) is 3.37. The summed E-state index contributed by atoms with van der Waals surface area (Å²) in [5, 5.41) is 0. The Morgan fingerprint density at radius 1 is 1.33 bits per heavy atom. The standard InChI is InChI=1S/C10H14BrN/c1-8(12)2-3-9-4-6-10(11)7-5-9/h4-8H,2-3,12H2,1H3/t8-/m1/s1. The van der Waals surface area contributed by atoms with Crippen LogP contribution in [0.5, 0.6) is 0 Å². The summed E-state index contributed by atoms with van der Waals surface area (Å²) in [5.74, 6) is 0. The molecule has 2 heteroatoms. The average molecular weight is 228 g/mol. The molecule has 0 unspecified atom stereocenters. The third-order valence-corrected chi connectivity index (χ3v) is 2.33. The Morgan fingerprint density at radius 3 is 2.42 bits per heavy atom. The maximum Gasteiger partial charge on any atom is 0.0175 e. The minimum Gasteiger partial charge on any atom is -0.328 e. The quantitative estimate of drug-likeness (QED) is 0.845. The van der Waals surface area contributed by atoms with Gasteiger partial charge in [0.1, 0.15) is 0 Å². The zero-order valence-electron chi connectivity index (χ0n) is 7.26. The summed E-state index contributed by atoms with van der Waals surface area (Å²) in [6.07, 6.45) is 2.13. The Bertz CT molecular complexity index is 228. The molecular formula is C10H14BrN. The van der Waals surface area contributed by atoms with Crippen LogP contribution < -0.4 is 5.73 Å². The van der Waals surface area contributed by atoms with Gasteiger partial charge in [0.25, 0.3) is 0 Å². The Labute approximate surface area is 82.1 Å². The van der Waals surface area contributed by atoms with Crippen LogP contribution >= 0.6 is 15.9 Å². The highest BCUT2D eigenvalue weighted by atomic mass is 79.9. The van der Waals surface area contributed by atoms with Gasteiger partial charge in [0, 0.05) is 10.5 Å². The molecule has 0 fully saturated rings. The molecule has 0 bridgehead atoms. The largest absolute Gasteiger partial charge is 0.328 e. The molecule has 1 atom stereocenters. The molecule has 1 rings (SSSR count). The summed E-state index contributed by atoms with van der Waals surface area (Å²) in [4.78, 5) is 0. The molecular weight excluding hydrogens is 214 g/mol. The topological polar surface area (TPSA) is 26.0 Å². The molecule has 66 valence electrons. The molecule has 0 radical (unpaired) electrons. The first kappa shape index (κ1) is 9.75. The van der Waals surface area contributed by atoms with Crippen molar-refractivity contribution in [3.8, 4) is 0 Å². The van der Waals surface area contributed by atoms with Crippen LogP contribution in [0.15, 0.2) is 28.7 Å². The zero-order valence-corrected chi connectivity index (χ0v) is 8.84. The fourth-order valence-electron chi connectivity index (χ4n) is 1.05. The second-order valence-electron chi connectivity index (χ2n) is 3.14. The molecule has 0 aliphatic heterocycles. The van der Waals surface area contributed by atoms with E-state index in [1.165, 1.54) is 5.56 Å². The normalized spacial score (nSPS) is 12.9. The van der Waals surface area contributed by atoms with Crippen molar-refractivity contribution < 1.29 is 0 Å². The van der Waals surface area contributed by atoms with Gasteiger partial charge in [-0.15, -0.1) is 0 Å². The molecule has 0 saturated heterocycles. The first-order chi connectivity index (χ1) is 5.68. The first-order valence-electron chi connectivity index (χ1n) is 4.18. The van der Waals surface area contributed by atoms with Crippen molar-refractivity contribution in [3.05, 3.63) is 34.3 Å². The van der Waals surface area contributed by atoms with Crippen molar-refractivity contribution >= 4 is 15.9 Å². The molecule has 0 aliphatic carbocycles. The molecule has 0 heterocycles. The van der Waals surface area contributed by atoms with Crippen molar-refractivity contribution in [1.82, 2.24) is 0 Å². The first-order valence-corrected chi connectivity index (χ1v) is 4.98. The molecule has 0 aromatic heterocycles. The molecule has 0 spiro atoms. The van der Waals surface area contributed by atoms with Crippen LogP contribution in [0.2, 0.25) is 0 Å². The number of hydrogen-bond donors (Lipinski definition) is 1. The monoisotopic (exact) mass is 227 g/mol. The maximum absolute atomic E-state index is 5.66. The van der Waals surface area contributed by atoms with Gasteiger partial charge in [-0.05, 0) is 37.5 Å². The lowest BCUT2D eigenvalue weighted by atomic mass is 10.1. The third-order valence-electron chi connectivity index (χ3n) is 1.80. The van der Waals surface area contributed by atoms with E-state index in [1.54, 1.807) is 0 Å². The molecule has 1 nitrogen and oxygen atoms in total. The number of rotatable bonds is 3. The molecule has 2 N–H and O–H groups in total. The highest BCUT2D eigenvalue weighted by Gasteiger charge is 1.96. The van der Waals surface area contributed by atoms with Crippen molar-refractivity contribution in [2.75, 3.05) is 0 Å². The lowest BCUT2D eigenvalue weighted by Crippen LogP contribution is -2.15. The summed E-state index contributed by atoms with van der Waals surface area (Å²) < 4.78 is 1.13. The van der Waals surface area contributed by atoms with Gasteiger partial charge in [0.05, 0.1) is 0 Å². The minimum absolute atomic E-state index is 0.300. The smallest absolute Gasteiger partial charge is 0.0175 e. The lowest BCUT2D eigenvalue weighted by Gasteiger charge is -2.04. The summed E-state index contributed by atoms with van der Waals surface area (Å²) in [6, 6.07) is 8.69. The van der Waals surface area contributed by atoms with E-state index in [0.29, 0.717) is 6.04 Å². The van der Waals surface area contributed by atoms with Gasteiger partial charge in [0.2, 0.25) is 0 Å². The molecule has 1 aromatic carbocycles. The Morgan fingerprint density at radius 2 is 1.92 bits per heavy atom. The van der Waals surface area contributed by atoms with Crippen LogP contribution in [-0.2, 0) is 6.42 Å². The van der Waals surface area contributed by atoms with Gasteiger partial charge in [-0.2, -0.15) is 0 Å². The average Bonchev–Trinajstić information content (AvgIpc) is 2.03. The SMILES string of the molecule is C[C@@H](N)CCc1ccc(Br)cc1. The van der Waals surface area contributed by atoms with Crippen molar-refractivity contribution in [1.29, 1.82) is 0 Å². The number of aryl methyl sites for hydroxylation is 1. The summed E-state index contributed by atoms with van der Waals surface area (Å²) >= 11 is 3.40. The van der Waals surface area contributed by atoms with E-state index in [9.17, 15) is 0 Å². The van der Waals surface area contributed by atoms with Crippen LogP contribution in [0.3, 0.4) is 0 Å². The number of hydrogen-bond acceptors (Lipinski definition) is 1. The molecule has 12 heavy (non-hydrogen) atoms. The van der Waals surface area contributed by atoms with E-state index in [2.05, 4.69) is 40.2 Å². The van der Waals surface area contributed by atoms with Gasteiger partial charge in [-0.25, -0.2) is 0 Å². The fraction of sp³-hybridized carbons (Fsp3) is 0.400. The Kier molecular flexibility index (Phi) is 3.76. The number of nitrogens with two attached hydrogens (primary N) is 1. The van der Waals surface area contributed by atoms with Gasteiger partial charge < -0.3 is 5.73 Å². The summed E-state index contributed by atoms with van der Waals surface area (Å²) in [6.45, 7) is 2.04. The molecule has 0 aliphatic rings. The van der Waals surface area contributed by atoms with Crippen LogP contribution in [-0.4, -0.2) is 6.04 Å². The second-order valence-corrected chi connectivity index (χ2v) is 4.06. The second kappa shape index (κ2) is 4.63. The van der Waals surface area contributed by atoms with E-state index in [0.717, 1.165) is 17.3 Å². The van der Waals surface area contributed by atoms with Crippen LogP contribution in [0.25, 0.3) is 0 Å². The predicted molar refractivity (Wildman–Crippen MR) is 56.1 cm³/mol. The van der Waals surface area contributed by atoms with Gasteiger partial charge in [-0.1, -0.05) is 28.1 Å². The molecule has 1 aromatic rings.